The van der Waals surface area contributed by atoms with Gasteiger partial charge in [0.2, 0.25) is 5.28 Å². The van der Waals surface area contributed by atoms with Crippen molar-refractivity contribution >= 4 is 30.2 Å². The molecule has 0 aliphatic carbocycles. The van der Waals surface area contributed by atoms with Gasteiger partial charge in [0.25, 0.3) is 0 Å². The van der Waals surface area contributed by atoms with Crippen LogP contribution in [-0.2, 0) is 0 Å². The van der Waals surface area contributed by atoms with E-state index >= 15 is 0 Å². The van der Waals surface area contributed by atoms with Crippen molar-refractivity contribution in [2.45, 2.75) is 0 Å². The fourth-order valence-electron chi connectivity index (χ4n) is 0.397. The SMILES string of the molecule is SNc1ccnc(Cl)n1. The number of hydrogen-bond acceptors (Lipinski definition) is 4. The number of halogens is 1. The molecule has 1 aromatic rings. The van der Waals surface area contributed by atoms with Crippen molar-refractivity contribution in [3.63, 3.8) is 0 Å². The Bertz CT molecular complexity index is 205. The van der Waals surface area contributed by atoms with Gasteiger partial charge in [0.05, 0.1) is 0 Å². The smallest absolute Gasteiger partial charge is 0.224 e. The van der Waals surface area contributed by atoms with Crippen molar-refractivity contribution in [3.8, 4) is 0 Å². The first-order valence-corrected chi connectivity index (χ1v) is 3.04. The van der Waals surface area contributed by atoms with Crippen LogP contribution in [0.5, 0.6) is 0 Å². The van der Waals surface area contributed by atoms with Crippen LogP contribution < -0.4 is 4.72 Å². The third-order valence-corrected chi connectivity index (χ3v) is 1.15. The van der Waals surface area contributed by atoms with E-state index in [1.54, 1.807) is 12.3 Å². The Morgan fingerprint density at radius 2 is 2.44 bits per heavy atom. The molecule has 1 aromatic heterocycles. The Morgan fingerprint density at radius 3 is 2.89 bits per heavy atom. The lowest BCUT2D eigenvalue weighted by molar-refractivity contribution is 1.18. The molecule has 9 heavy (non-hydrogen) atoms. The number of aromatic nitrogens is 2. The standard InChI is InChI=1S/C4H4ClN3S/c5-4-6-2-1-3(7-4)8-9/h1-2,9H,(H,6,7,8). The Labute approximate surface area is 63.0 Å². The zero-order valence-corrected chi connectivity index (χ0v) is 6.02. The van der Waals surface area contributed by atoms with Gasteiger partial charge in [0.15, 0.2) is 0 Å². The molecule has 1 heterocycles. The normalized spacial score (nSPS) is 9.11. The molecule has 5 heteroatoms. The van der Waals surface area contributed by atoms with Crippen molar-refractivity contribution in [2.75, 3.05) is 4.72 Å². The lowest BCUT2D eigenvalue weighted by Gasteiger charge is -1.94. The van der Waals surface area contributed by atoms with Crippen LogP contribution in [0.3, 0.4) is 0 Å². The maximum atomic E-state index is 5.43. The van der Waals surface area contributed by atoms with Crippen LogP contribution in [-0.4, -0.2) is 9.97 Å². The van der Waals surface area contributed by atoms with Crippen molar-refractivity contribution in [3.05, 3.63) is 17.5 Å². The average Bonchev–Trinajstić information content (AvgIpc) is 1.88. The topological polar surface area (TPSA) is 37.8 Å². The van der Waals surface area contributed by atoms with Crippen molar-refractivity contribution in [1.82, 2.24) is 9.97 Å². The summed E-state index contributed by atoms with van der Waals surface area (Å²) in [5.41, 5.74) is 0. The van der Waals surface area contributed by atoms with Crippen LogP contribution >= 0.6 is 24.4 Å². The highest BCUT2D eigenvalue weighted by atomic mass is 35.5. The first-order valence-electron chi connectivity index (χ1n) is 2.21. The quantitative estimate of drug-likeness (QED) is 0.483. The largest absolute Gasteiger partial charge is 0.317 e. The molecule has 0 amide bonds. The molecule has 48 valence electrons. The summed E-state index contributed by atoms with van der Waals surface area (Å²) < 4.78 is 2.53. The second kappa shape index (κ2) is 2.89. The lowest BCUT2D eigenvalue weighted by atomic mass is 10.6. The summed E-state index contributed by atoms with van der Waals surface area (Å²) in [7, 11) is 0. The number of thiol groups is 1. The Balaban J connectivity index is 2.94. The fraction of sp³-hybridized carbons (Fsp3) is 0. The van der Waals surface area contributed by atoms with Crippen LogP contribution in [0.4, 0.5) is 5.82 Å². The summed E-state index contributed by atoms with van der Waals surface area (Å²) in [4.78, 5) is 7.43. The van der Waals surface area contributed by atoms with E-state index in [4.69, 9.17) is 11.6 Å². The fourth-order valence-corrected chi connectivity index (χ4v) is 0.669. The molecule has 0 fully saturated rings. The Morgan fingerprint density at radius 1 is 1.67 bits per heavy atom. The van der Waals surface area contributed by atoms with Crippen LogP contribution in [0.15, 0.2) is 12.3 Å². The molecule has 0 bridgehead atoms. The number of nitrogens with zero attached hydrogens (tertiary/aromatic N) is 2. The molecular weight excluding hydrogens is 158 g/mol. The van der Waals surface area contributed by atoms with E-state index in [0.717, 1.165) is 0 Å². The van der Waals surface area contributed by atoms with Crippen molar-refractivity contribution < 1.29 is 0 Å². The minimum atomic E-state index is 0.217. The molecule has 0 saturated heterocycles. The molecule has 0 aliphatic heterocycles. The van der Waals surface area contributed by atoms with E-state index in [1.165, 1.54) is 0 Å². The molecule has 0 spiro atoms. The van der Waals surface area contributed by atoms with E-state index in [2.05, 4.69) is 27.5 Å². The van der Waals surface area contributed by atoms with E-state index in [9.17, 15) is 0 Å². The molecule has 0 aliphatic rings. The van der Waals surface area contributed by atoms with Gasteiger partial charge in [0, 0.05) is 6.20 Å². The van der Waals surface area contributed by atoms with Gasteiger partial charge in [0.1, 0.15) is 5.82 Å². The second-order valence-corrected chi connectivity index (χ2v) is 1.88. The van der Waals surface area contributed by atoms with Crippen molar-refractivity contribution in [1.29, 1.82) is 0 Å². The minimum absolute atomic E-state index is 0.217. The molecule has 3 nitrogen and oxygen atoms in total. The van der Waals surface area contributed by atoms with Gasteiger partial charge in [-0.15, -0.1) is 0 Å². The minimum Gasteiger partial charge on any atom is -0.317 e. The number of hydrogen-bond donors (Lipinski definition) is 2. The monoisotopic (exact) mass is 161 g/mol. The summed E-state index contributed by atoms with van der Waals surface area (Å²) in [6.45, 7) is 0. The predicted octanol–water partition coefficient (Wildman–Crippen LogP) is 1.39. The van der Waals surface area contributed by atoms with Gasteiger partial charge in [-0.25, -0.2) is 4.98 Å². The zero-order valence-electron chi connectivity index (χ0n) is 4.37. The molecule has 0 saturated carbocycles. The summed E-state index contributed by atoms with van der Waals surface area (Å²) in [5, 5.41) is 0.217. The van der Waals surface area contributed by atoms with Crippen LogP contribution in [0, 0.1) is 0 Å². The van der Waals surface area contributed by atoms with Crippen LogP contribution in [0.25, 0.3) is 0 Å². The first-order chi connectivity index (χ1) is 4.33. The van der Waals surface area contributed by atoms with E-state index < -0.39 is 0 Å². The van der Waals surface area contributed by atoms with Gasteiger partial charge in [-0.2, -0.15) is 4.98 Å². The molecule has 1 rings (SSSR count). The highest BCUT2D eigenvalue weighted by Gasteiger charge is 1.90. The molecule has 0 aromatic carbocycles. The van der Waals surface area contributed by atoms with Gasteiger partial charge in [-0.3, -0.25) is 0 Å². The predicted molar refractivity (Wildman–Crippen MR) is 39.7 cm³/mol. The van der Waals surface area contributed by atoms with Crippen LogP contribution in [0.2, 0.25) is 5.28 Å². The zero-order chi connectivity index (χ0) is 6.69. The Hall–Kier alpha value is -0.480. The summed E-state index contributed by atoms with van der Waals surface area (Å²) in [6.07, 6.45) is 1.55. The number of anilines is 1. The maximum Gasteiger partial charge on any atom is 0.224 e. The first kappa shape index (κ1) is 6.64. The summed E-state index contributed by atoms with van der Waals surface area (Å²) >= 11 is 9.19. The molecule has 0 radical (unpaired) electrons. The third kappa shape index (κ3) is 1.73. The third-order valence-electron chi connectivity index (χ3n) is 0.741. The van der Waals surface area contributed by atoms with Gasteiger partial charge in [-0.05, 0) is 17.7 Å². The number of rotatable bonds is 1. The van der Waals surface area contributed by atoms with Gasteiger partial charge < -0.3 is 4.72 Å². The van der Waals surface area contributed by atoms with Gasteiger partial charge >= 0.3 is 0 Å². The van der Waals surface area contributed by atoms with Gasteiger partial charge in [-0.1, -0.05) is 12.8 Å². The molecule has 1 N–H and O–H groups in total. The highest BCUT2D eigenvalue weighted by molar-refractivity contribution is 7.81. The lowest BCUT2D eigenvalue weighted by Crippen LogP contribution is -1.86. The van der Waals surface area contributed by atoms with Crippen molar-refractivity contribution in [2.24, 2.45) is 0 Å². The maximum absolute atomic E-state index is 5.43. The summed E-state index contributed by atoms with van der Waals surface area (Å²) in [5.74, 6) is 0.596. The Kier molecular flexibility index (Phi) is 2.13. The van der Waals surface area contributed by atoms with E-state index in [0.29, 0.717) is 5.82 Å². The highest BCUT2D eigenvalue weighted by Crippen LogP contribution is 2.05. The summed E-state index contributed by atoms with van der Waals surface area (Å²) in [6, 6.07) is 1.67. The van der Waals surface area contributed by atoms with Crippen LogP contribution in [0.1, 0.15) is 0 Å². The second-order valence-electron chi connectivity index (χ2n) is 1.32. The molecular formula is C4H4ClN3S. The molecule has 0 unspecified atom stereocenters. The van der Waals surface area contributed by atoms with E-state index in [-0.39, 0.29) is 5.28 Å². The average molecular weight is 162 g/mol. The van der Waals surface area contributed by atoms with E-state index in [1.807, 2.05) is 0 Å². The number of nitrogens with one attached hydrogen (secondary N) is 1. The molecule has 0 atom stereocenters.